The van der Waals surface area contributed by atoms with Gasteiger partial charge in [0.2, 0.25) is 5.91 Å². The standard InChI is InChI=1S/C24H27F3N4O2/c1-12-10-31(22(32)23(3,4)28)11-13(2)24(12,33)20-16(25)7-14(8-17(20)26)15-5-6-29-21-19(15)18(27)9-30-21/h5-9,12-13,33H,10-11,28H2,1-4H3,(H,29,30)/t12-,13+,24?. The molecule has 9 heteroatoms. The lowest BCUT2D eigenvalue weighted by Gasteiger charge is -2.49. The van der Waals surface area contributed by atoms with Gasteiger partial charge in [-0.05, 0) is 43.2 Å². The third kappa shape index (κ3) is 3.69. The number of rotatable bonds is 3. The number of aromatic amines is 1. The number of amides is 1. The van der Waals surface area contributed by atoms with Crippen LogP contribution < -0.4 is 5.73 Å². The second-order valence-corrected chi connectivity index (χ2v) is 9.59. The molecule has 1 fully saturated rings. The number of nitrogens with zero attached hydrogens (tertiary/aromatic N) is 2. The molecule has 6 nitrogen and oxygen atoms in total. The molecule has 0 radical (unpaired) electrons. The first-order valence-electron chi connectivity index (χ1n) is 10.8. The molecule has 3 aromatic rings. The predicted octanol–water partition coefficient (Wildman–Crippen LogP) is 3.69. The van der Waals surface area contributed by atoms with Crippen LogP contribution in [0.15, 0.2) is 30.6 Å². The zero-order valence-corrected chi connectivity index (χ0v) is 18.9. The van der Waals surface area contributed by atoms with Crippen LogP contribution in [-0.2, 0) is 10.4 Å². The highest BCUT2D eigenvalue weighted by molar-refractivity contribution is 5.93. The molecule has 0 aliphatic carbocycles. The molecule has 4 N–H and O–H groups in total. The van der Waals surface area contributed by atoms with Gasteiger partial charge in [0, 0.05) is 37.3 Å². The average Bonchev–Trinajstić information content (AvgIpc) is 3.11. The first kappa shape index (κ1) is 23.3. The van der Waals surface area contributed by atoms with Crippen LogP contribution in [0.1, 0.15) is 33.3 Å². The van der Waals surface area contributed by atoms with Gasteiger partial charge in [0.15, 0.2) is 5.82 Å². The van der Waals surface area contributed by atoms with Crippen molar-refractivity contribution < 1.29 is 23.1 Å². The van der Waals surface area contributed by atoms with Gasteiger partial charge in [0.25, 0.3) is 0 Å². The Morgan fingerprint density at radius 2 is 1.76 bits per heavy atom. The topological polar surface area (TPSA) is 95.2 Å². The van der Waals surface area contributed by atoms with Crippen LogP contribution in [0.2, 0.25) is 0 Å². The van der Waals surface area contributed by atoms with E-state index in [1.54, 1.807) is 27.7 Å². The molecule has 1 aliphatic heterocycles. The Labute approximate surface area is 189 Å². The van der Waals surface area contributed by atoms with Gasteiger partial charge in [0.05, 0.1) is 16.5 Å². The largest absolute Gasteiger partial charge is 0.384 e. The maximum atomic E-state index is 15.4. The normalized spacial score (nSPS) is 23.8. The van der Waals surface area contributed by atoms with E-state index in [9.17, 15) is 14.3 Å². The van der Waals surface area contributed by atoms with Crippen molar-refractivity contribution in [2.24, 2.45) is 17.6 Å². The molecular formula is C24H27F3N4O2. The van der Waals surface area contributed by atoms with E-state index in [1.807, 2.05) is 0 Å². The smallest absolute Gasteiger partial charge is 0.242 e. The molecule has 1 unspecified atom stereocenters. The summed E-state index contributed by atoms with van der Waals surface area (Å²) in [6, 6.07) is 3.67. The minimum atomic E-state index is -1.85. The fourth-order valence-electron chi connectivity index (χ4n) is 4.93. The number of carbonyl (C=O) groups excluding carboxylic acids is 1. The molecule has 0 bridgehead atoms. The van der Waals surface area contributed by atoms with Crippen LogP contribution in [0.4, 0.5) is 13.2 Å². The average molecular weight is 461 g/mol. The van der Waals surface area contributed by atoms with Gasteiger partial charge < -0.3 is 20.7 Å². The SMILES string of the molecule is C[C@@H]1CN(C(=O)C(C)(C)N)C[C@H](C)C1(O)c1c(F)cc(-c2ccnc3[nH]cc(F)c23)cc1F. The first-order valence-corrected chi connectivity index (χ1v) is 10.8. The Kier molecular flexibility index (Phi) is 5.53. The highest BCUT2D eigenvalue weighted by Crippen LogP contribution is 2.45. The molecule has 0 saturated carbocycles. The molecule has 176 valence electrons. The van der Waals surface area contributed by atoms with Crippen LogP contribution in [-0.4, -0.2) is 44.5 Å². The Morgan fingerprint density at radius 3 is 2.30 bits per heavy atom. The van der Waals surface area contributed by atoms with Gasteiger partial charge >= 0.3 is 0 Å². The van der Waals surface area contributed by atoms with E-state index in [2.05, 4.69) is 9.97 Å². The Balaban J connectivity index is 1.76. The maximum Gasteiger partial charge on any atom is 0.242 e. The summed E-state index contributed by atoms with van der Waals surface area (Å²) in [7, 11) is 0. The maximum absolute atomic E-state index is 15.4. The molecular weight excluding hydrogens is 433 g/mol. The van der Waals surface area contributed by atoms with Crippen molar-refractivity contribution in [3.63, 3.8) is 0 Å². The number of H-pyrrole nitrogens is 1. The minimum absolute atomic E-state index is 0.0977. The van der Waals surface area contributed by atoms with Crippen molar-refractivity contribution in [1.82, 2.24) is 14.9 Å². The monoisotopic (exact) mass is 460 g/mol. The lowest BCUT2D eigenvalue weighted by atomic mass is 9.70. The number of nitrogens with one attached hydrogen (secondary N) is 1. The minimum Gasteiger partial charge on any atom is -0.384 e. The number of likely N-dealkylation sites (tertiary alicyclic amines) is 1. The van der Waals surface area contributed by atoms with Crippen LogP contribution in [0.5, 0.6) is 0 Å². The Hall–Kier alpha value is -2.91. The highest BCUT2D eigenvalue weighted by Gasteiger charge is 2.50. The van der Waals surface area contributed by atoms with E-state index in [0.29, 0.717) is 0 Å². The van der Waals surface area contributed by atoms with Gasteiger partial charge in [-0.25, -0.2) is 18.2 Å². The molecule has 3 atom stereocenters. The number of fused-ring (bicyclic) bond motifs is 1. The summed E-state index contributed by atoms with van der Waals surface area (Å²) in [6.07, 6.45) is 2.55. The lowest BCUT2D eigenvalue weighted by Crippen LogP contribution is -2.61. The Morgan fingerprint density at radius 1 is 1.18 bits per heavy atom. The van der Waals surface area contributed by atoms with Crippen molar-refractivity contribution >= 4 is 16.9 Å². The third-order valence-electron chi connectivity index (χ3n) is 6.61. The summed E-state index contributed by atoms with van der Waals surface area (Å²) >= 11 is 0. The summed E-state index contributed by atoms with van der Waals surface area (Å²) in [5.74, 6) is -4.10. The summed E-state index contributed by atoms with van der Waals surface area (Å²) in [5.41, 5.74) is 3.19. The number of hydrogen-bond donors (Lipinski definition) is 3. The van der Waals surface area contributed by atoms with Crippen molar-refractivity contribution in [3.8, 4) is 11.1 Å². The molecule has 1 amide bonds. The van der Waals surface area contributed by atoms with Crippen LogP contribution >= 0.6 is 0 Å². The van der Waals surface area contributed by atoms with Gasteiger partial charge in [0.1, 0.15) is 22.9 Å². The third-order valence-corrected chi connectivity index (χ3v) is 6.61. The molecule has 0 spiro atoms. The second kappa shape index (κ2) is 7.85. The number of nitrogens with two attached hydrogens (primary N) is 1. The van der Waals surface area contributed by atoms with Crippen molar-refractivity contribution in [3.05, 3.63) is 53.6 Å². The van der Waals surface area contributed by atoms with Gasteiger partial charge in [-0.1, -0.05) is 13.8 Å². The number of benzene rings is 1. The zero-order chi connectivity index (χ0) is 24.3. The molecule has 3 heterocycles. The summed E-state index contributed by atoms with van der Waals surface area (Å²) in [4.78, 5) is 20.9. The van der Waals surface area contributed by atoms with Gasteiger partial charge in [-0.3, -0.25) is 4.79 Å². The van der Waals surface area contributed by atoms with E-state index >= 15 is 8.78 Å². The quantitative estimate of drug-likeness (QED) is 0.556. The highest BCUT2D eigenvalue weighted by atomic mass is 19.1. The number of aliphatic hydroxyl groups is 1. The number of hydrogen-bond acceptors (Lipinski definition) is 4. The molecule has 1 aromatic carbocycles. The van der Waals surface area contributed by atoms with Crippen molar-refractivity contribution in [2.75, 3.05) is 13.1 Å². The summed E-state index contributed by atoms with van der Waals surface area (Å²) < 4.78 is 45.1. The van der Waals surface area contributed by atoms with E-state index in [0.717, 1.165) is 18.3 Å². The predicted molar refractivity (Wildman–Crippen MR) is 118 cm³/mol. The second-order valence-electron chi connectivity index (χ2n) is 9.59. The number of halogens is 3. The molecule has 4 rings (SSSR count). The van der Waals surface area contributed by atoms with Gasteiger partial charge in [-0.2, -0.15) is 0 Å². The van der Waals surface area contributed by atoms with E-state index in [4.69, 9.17) is 5.73 Å². The molecule has 1 aliphatic rings. The van der Waals surface area contributed by atoms with E-state index in [-0.39, 0.29) is 41.2 Å². The fraction of sp³-hybridized carbons (Fsp3) is 0.417. The van der Waals surface area contributed by atoms with Crippen LogP contribution in [0.3, 0.4) is 0 Å². The fourth-order valence-corrected chi connectivity index (χ4v) is 4.93. The zero-order valence-electron chi connectivity index (χ0n) is 18.9. The van der Waals surface area contributed by atoms with Crippen LogP contribution in [0.25, 0.3) is 22.2 Å². The Bertz CT molecular complexity index is 1200. The number of carbonyl (C=O) groups is 1. The van der Waals surface area contributed by atoms with Gasteiger partial charge in [-0.15, -0.1) is 0 Å². The van der Waals surface area contributed by atoms with Crippen molar-refractivity contribution in [2.45, 2.75) is 38.8 Å². The lowest BCUT2D eigenvalue weighted by molar-refractivity contribution is -0.153. The number of pyridine rings is 1. The molecule has 2 aromatic heterocycles. The summed E-state index contributed by atoms with van der Waals surface area (Å²) in [5, 5.41) is 11.7. The van der Waals surface area contributed by atoms with Crippen LogP contribution in [0, 0.1) is 29.3 Å². The summed E-state index contributed by atoms with van der Waals surface area (Å²) in [6.45, 7) is 6.67. The van der Waals surface area contributed by atoms with E-state index < -0.39 is 46.0 Å². The molecule has 1 saturated heterocycles. The molecule has 33 heavy (non-hydrogen) atoms. The number of aromatic nitrogens is 2. The van der Waals surface area contributed by atoms with Crippen molar-refractivity contribution in [1.29, 1.82) is 0 Å². The van der Waals surface area contributed by atoms with E-state index in [1.165, 1.54) is 17.2 Å². The first-order chi connectivity index (χ1) is 15.4. The number of piperidine rings is 1.